The second kappa shape index (κ2) is 3.51. The van der Waals surface area contributed by atoms with Crippen molar-refractivity contribution in [2.75, 3.05) is 18.5 Å². The van der Waals surface area contributed by atoms with Crippen LogP contribution in [0.3, 0.4) is 0 Å². The van der Waals surface area contributed by atoms with E-state index in [1.165, 1.54) is 5.56 Å². The van der Waals surface area contributed by atoms with Gasteiger partial charge in [0.1, 0.15) is 0 Å². The summed E-state index contributed by atoms with van der Waals surface area (Å²) in [4.78, 5) is 13.5. The van der Waals surface area contributed by atoms with E-state index in [0.717, 1.165) is 24.2 Å². The zero-order chi connectivity index (χ0) is 11.9. The highest BCUT2D eigenvalue weighted by molar-refractivity contribution is 5.84. The highest BCUT2D eigenvalue weighted by Gasteiger charge is 2.34. The lowest BCUT2D eigenvalue weighted by atomic mass is 9.82. The van der Waals surface area contributed by atoms with Gasteiger partial charge in [-0.05, 0) is 31.4 Å². The van der Waals surface area contributed by atoms with Crippen molar-refractivity contribution >= 4 is 11.7 Å². The van der Waals surface area contributed by atoms with E-state index >= 15 is 0 Å². The number of carboxylic acids is 1. The third kappa shape index (κ3) is 1.47. The fraction of sp³-hybridized carbons (Fsp3) is 0.462. The van der Waals surface area contributed by atoms with E-state index in [1.54, 1.807) is 13.8 Å². The standard InChI is InChI=1S/C13H17NO2/c1-13(2,12(15)16)10-6-4-5-9-7-8-14(3)11(9)10/h4-6H,7-8H2,1-3H3,(H,15,16). The van der Waals surface area contributed by atoms with Gasteiger partial charge < -0.3 is 10.0 Å². The fourth-order valence-electron chi connectivity index (χ4n) is 2.26. The molecule has 0 amide bonds. The van der Waals surface area contributed by atoms with Gasteiger partial charge in [-0.1, -0.05) is 18.2 Å². The molecule has 16 heavy (non-hydrogen) atoms. The molecule has 3 nitrogen and oxygen atoms in total. The molecule has 0 aromatic heterocycles. The number of hydrogen-bond donors (Lipinski definition) is 1. The van der Waals surface area contributed by atoms with Crippen molar-refractivity contribution in [3.8, 4) is 0 Å². The van der Waals surface area contributed by atoms with Gasteiger partial charge in [-0.15, -0.1) is 0 Å². The van der Waals surface area contributed by atoms with E-state index in [0.29, 0.717) is 0 Å². The van der Waals surface area contributed by atoms with Crippen molar-refractivity contribution in [2.24, 2.45) is 0 Å². The normalized spacial score (nSPS) is 15.1. The Morgan fingerprint density at radius 2 is 2.12 bits per heavy atom. The lowest BCUT2D eigenvalue weighted by Gasteiger charge is -2.26. The number of benzene rings is 1. The summed E-state index contributed by atoms with van der Waals surface area (Å²) in [6.07, 6.45) is 1.01. The van der Waals surface area contributed by atoms with Gasteiger partial charge in [0.2, 0.25) is 0 Å². The first-order valence-corrected chi connectivity index (χ1v) is 5.51. The summed E-state index contributed by atoms with van der Waals surface area (Å²) in [5, 5.41) is 9.29. The van der Waals surface area contributed by atoms with Crippen LogP contribution in [-0.4, -0.2) is 24.7 Å². The van der Waals surface area contributed by atoms with Crippen LogP contribution < -0.4 is 4.90 Å². The Bertz CT molecular complexity index is 438. The number of hydrogen-bond acceptors (Lipinski definition) is 2. The quantitative estimate of drug-likeness (QED) is 0.827. The largest absolute Gasteiger partial charge is 0.481 e. The van der Waals surface area contributed by atoms with Gasteiger partial charge in [-0.3, -0.25) is 4.79 Å². The summed E-state index contributed by atoms with van der Waals surface area (Å²) in [6.45, 7) is 4.50. The molecule has 1 aromatic carbocycles. The van der Waals surface area contributed by atoms with Crippen molar-refractivity contribution in [3.63, 3.8) is 0 Å². The molecule has 1 heterocycles. The Kier molecular flexibility index (Phi) is 2.41. The van der Waals surface area contributed by atoms with Crippen LogP contribution in [0.1, 0.15) is 25.0 Å². The molecular formula is C13H17NO2. The Hall–Kier alpha value is -1.51. The number of anilines is 1. The lowest BCUT2D eigenvalue weighted by Crippen LogP contribution is -2.30. The monoisotopic (exact) mass is 219 g/mol. The van der Waals surface area contributed by atoms with Crippen molar-refractivity contribution in [1.82, 2.24) is 0 Å². The smallest absolute Gasteiger partial charge is 0.313 e. The summed E-state index contributed by atoms with van der Waals surface area (Å²) < 4.78 is 0. The predicted molar refractivity (Wildman–Crippen MR) is 64.1 cm³/mol. The van der Waals surface area contributed by atoms with E-state index < -0.39 is 11.4 Å². The van der Waals surface area contributed by atoms with Gasteiger partial charge in [0.05, 0.1) is 5.41 Å². The maximum atomic E-state index is 11.3. The SMILES string of the molecule is CN1CCc2cccc(C(C)(C)C(=O)O)c21. The van der Waals surface area contributed by atoms with Gasteiger partial charge in [-0.2, -0.15) is 0 Å². The molecule has 0 radical (unpaired) electrons. The number of likely N-dealkylation sites (N-methyl/N-ethyl adjacent to an activating group) is 1. The number of para-hydroxylation sites is 1. The van der Waals surface area contributed by atoms with Crippen molar-refractivity contribution in [1.29, 1.82) is 0 Å². The first-order chi connectivity index (χ1) is 7.44. The molecule has 0 atom stereocenters. The Morgan fingerprint density at radius 3 is 2.75 bits per heavy atom. The predicted octanol–water partition coefficient (Wildman–Crippen LogP) is 2.04. The summed E-state index contributed by atoms with van der Waals surface area (Å²) in [6, 6.07) is 5.97. The van der Waals surface area contributed by atoms with E-state index in [1.807, 2.05) is 19.2 Å². The van der Waals surface area contributed by atoms with Gasteiger partial charge in [0.25, 0.3) is 0 Å². The van der Waals surface area contributed by atoms with Crippen LogP contribution >= 0.6 is 0 Å². The molecule has 1 aliphatic heterocycles. The summed E-state index contributed by atoms with van der Waals surface area (Å²) in [7, 11) is 2.02. The van der Waals surface area contributed by atoms with Gasteiger partial charge >= 0.3 is 5.97 Å². The molecule has 0 spiro atoms. The minimum atomic E-state index is -0.829. The fourth-order valence-corrected chi connectivity index (χ4v) is 2.26. The molecule has 86 valence electrons. The van der Waals surface area contributed by atoms with Crippen LogP contribution in [-0.2, 0) is 16.6 Å². The third-order valence-corrected chi connectivity index (χ3v) is 3.43. The first kappa shape index (κ1) is 11.0. The number of nitrogens with zero attached hydrogens (tertiary/aromatic N) is 1. The van der Waals surface area contributed by atoms with Gasteiger partial charge in [-0.25, -0.2) is 0 Å². The third-order valence-electron chi connectivity index (χ3n) is 3.43. The van der Waals surface area contributed by atoms with E-state index in [-0.39, 0.29) is 0 Å². The van der Waals surface area contributed by atoms with E-state index in [4.69, 9.17) is 0 Å². The molecule has 0 unspecified atom stereocenters. The zero-order valence-corrected chi connectivity index (χ0v) is 9.95. The molecule has 1 aliphatic rings. The van der Waals surface area contributed by atoms with Crippen LogP contribution in [0.25, 0.3) is 0 Å². The molecule has 0 fully saturated rings. The van der Waals surface area contributed by atoms with Crippen LogP contribution in [0.15, 0.2) is 18.2 Å². The van der Waals surface area contributed by atoms with Gasteiger partial charge in [0.15, 0.2) is 0 Å². The molecule has 0 bridgehead atoms. The second-order valence-corrected chi connectivity index (χ2v) is 4.92. The van der Waals surface area contributed by atoms with Crippen molar-refractivity contribution in [3.05, 3.63) is 29.3 Å². The average molecular weight is 219 g/mol. The van der Waals surface area contributed by atoms with Crippen LogP contribution in [0.4, 0.5) is 5.69 Å². The molecule has 2 rings (SSSR count). The molecular weight excluding hydrogens is 202 g/mol. The lowest BCUT2D eigenvalue weighted by molar-refractivity contribution is -0.142. The summed E-state index contributed by atoms with van der Waals surface area (Å²) >= 11 is 0. The van der Waals surface area contributed by atoms with Crippen LogP contribution in [0.5, 0.6) is 0 Å². The summed E-state index contributed by atoms with van der Waals surface area (Å²) in [5.74, 6) is -0.777. The Labute approximate surface area is 95.7 Å². The van der Waals surface area contributed by atoms with Crippen molar-refractivity contribution in [2.45, 2.75) is 25.7 Å². The number of fused-ring (bicyclic) bond motifs is 1. The second-order valence-electron chi connectivity index (χ2n) is 4.92. The Morgan fingerprint density at radius 1 is 1.44 bits per heavy atom. The highest BCUT2D eigenvalue weighted by atomic mass is 16.4. The van der Waals surface area contributed by atoms with Crippen molar-refractivity contribution < 1.29 is 9.90 Å². The molecule has 1 aromatic rings. The molecule has 0 saturated carbocycles. The molecule has 1 N–H and O–H groups in total. The number of carbonyl (C=O) groups is 1. The summed E-state index contributed by atoms with van der Waals surface area (Å²) in [5.41, 5.74) is 2.45. The molecule has 0 saturated heterocycles. The van der Waals surface area contributed by atoms with Crippen LogP contribution in [0.2, 0.25) is 0 Å². The number of rotatable bonds is 2. The maximum absolute atomic E-state index is 11.3. The molecule has 3 heteroatoms. The number of carboxylic acid groups (broad SMARTS) is 1. The zero-order valence-electron chi connectivity index (χ0n) is 9.95. The van der Waals surface area contributed by atoms with Gasteiger partial charge in [0, 0.05) is 19.3 Å². The maximum Gasteiger partial charge on any atom is 0.313 e. The molecule has 0 aliphatic carbocycles. The number of aliphatic carboxylic acids is 1. The Balaban J connectivity index is 2.59. The highest BCUT2D eigenvalue weighted by Crippen LogP contribution is 2.37. The first-order valence-electron chi connectivity index (χ1n) is 5.51. The average Bonchev–Trinajstić information content (AvgIpc) is 2.60. The minimum Gasteiger partial charge on any atom is -0.481 e. The minimum absolute atomic E-state index is 0.777. The topological polar surface area (TPSA) is 40.5 Å². The van der Waals surface area contributed by atoms with E-state index in [9.17, 15) is 9.90 Å². The van der Waals surface area contributed by atoms with Crippen LogP contribution in [0, 0.1) is 0 Å². The van der Waals surface area contributed by atoms with E-state index in [2.05, 4.69) is 11.0 Å².